The summed E-state index contributed by atoms with van der Waals surface area (Å²) >= 11 is 0. The number of rotatable bonds is 15. The van der Waals surface area contributed by atoms with Crippen molar-refractivity contribution < 1.29 is 14.3 Å². The lowest BCUT2D eigenvalue weighted by Gasteiger charge is -2.12. The second-order valence-electron chi connectivity index (χ2n) is 5.71. The molecule has 0 spiro atoms. The van der Waals surface area contributed by atoms with Crippen LogP contribution in [0.1, 0.15) is 65.2 Å². The molecule has 0 aliphatic heterocycles. The number of aliphatic imine (C=N–C) groups is 1. The molecule has 0 saturated carbocycles. The van der Waals surface area contributed by atoms with Gasteiger partial charge in [0.2, 0.25) is 0 Å². The average Bonchev–Trinajstić information content (AvgIpc) is 2.58. The second kappa shape index (κ2) is 21.5. The van der Waals surface area contributed by atoms with Crippen molar-refractivity contribution in [2.24, 2.45) is 4.99 Å². The number of guanidine groups is 1. The number of nitrogens with zero attached hydrogens (tertiary/aromatic N) is 1. The van der Waals surface area contributed by atoms with Crippen molar-refractivity contribution in [2.75, 3.05) is 40.0 Å². The molecule has 0 bridgehead atoms. The van der Waals surface area contributed by atoms with Crippen molar-refractivity contribution in [3.63, 3.8) is 0 Å². The highest BCUT2D eigenvalue weighted by atomic mass is 127. The van der Waals surface area contributed by atoms with E-state index in [-0.39, 0.29) is 29.9 Å². The highest BCUT2D eigenvalue weighted by Crippen LogP contribution is 2.03. The smallest absolute Gasteiger partial charge is 0.305 e. The molecule has 150 valence electrons. The number of unbranched alkanes of at least 4 members (excludes halogenated alkanes) is 4. The minimum Gasteiger partial charge on any atom is -0.466 e. The van der Waals surface area contributed by atoms with Crippen LogP contribution in [-0.4, -0.2) is 51.9 Å². The maximum absolute atomic E-state index is 11.2. The number of hydrogen-bond acceptors (Lipinski definition) is 4. The summed E-state index contributed by atoms with van der Waals surface area (Å²) in [5.74, 6) is 0.758. The van der Waals surface area contributed by atoms with Gasteiger partial charge in [0.1, 0.15) is 0 Å². The predicted molar refractivity (Wildman–Crippen MR) is 115 cm³/mol. The molecule has 0 heterocycles. The van der Waals surface area contributed by atoms with Crippen LogP contribution in [0.2, 0.25) is 0 Å². The molecule has 2 N–H and O–H groups in total. The van der Waals surface area contributed by atoms with Gasteiger partial charge in [-0.2, -0.15) is 0 Å². The van der Waals surface area contributed by atoms with Gasteiger partial charge in [-0.15, -0.1) is 24.0 Å². The van der Waals surface area contributed by atoms with Crippen LogP contribution in [0.4, 0.5) is 0 Å². The third-order valence-electron chi connectivity index (χ3n) is 3.53. The van der Waals surface area contributed by atoms with E-state index in [0.717, 1.165) is 70.8 Å². The fourth-order valence-corrected chi connectivity index (χ4v) is 2.14. The number of ether oxygens (including phenoxy) is 2. The van der Waals surface area contributed by atoms with E-state index in [1.54, 1.807) is 7.05 Å². The van der Waals surface area contributed by atoms with E-state index < -0.39 is 0 Å². The van der Waals surface area contributed by atoms with Crippen LogP contribution in [0, 0.1) is 0 Å². The Labute approximate surface area is 170 Å². The van der Waals surface area contributed by atoms with Crippen molar-refractivity contribution in [3.05, 3.63) is 0 Å². The molecule has 0 aliphatic rings. The van der Waals surface area contributed by atoms with E-state index >= 15 is 0 Å². The summed E-state index contributed by atoms with van der Waals surface area (Å²) in [6.07, 6.45) is 7.97. The number of halogens is 1. The fourth-order valence-electron chi connectivity index (χ4n) is 2.14. The molecule has 0 unspecified atom stereocenters. The van der Waals surface area contributed by atoms with Crippen LogP contribution in [-0.2, 0) is 14.3 Å². The molecule has 0 aromatic carbocycles. The second-order valence-corrected chi connectivity index (χ2v) is 5.71. The molecular weight excluding hydrogens is 433 g/mol. The van der Waals surface area contributed by atoms with Crippen molar-refractivity contribution in [1.82, 2.24) is 10.6 Å². The fraction of sp³-hybridized carbons (Fsp3) is 0.889. The lowest BCUT2D eigenvalue weighted by atomic mass is 10.1. The van der Waals surface area contributed by atoms with Gasteiger partial charge in [0, 0.05) is 39.8 Å². The van der Waals surface area contributed by atoms with Crippen LogP contribution < -0.4 is 10.6 Å². The van der Waals surface area contributed by atoms with Crippen LogP contribution >= 0.6 is 24.0 Å². The molecule has 7 heteroatoms. The molecule has 0 fully saturated rings. The Morgan fingerprint density at radius 3 is 2.20 bits per heavy atom. The van der Waals surface area contributed by atoms with Gasteiger partial charge in [-0.05, 0) is 32.6 Å². The number of esters is 1. The number of carbonyl (C=O) groups excluding carboxylic acids is 1. The summed E-state index contributed by atoms with van der Waals surface area (Å²) in [7, 11) is 1.78. The van der Waals surface area contributed by atoms with Gasteiger partial charge >= 0.3 is 5.97 Å². The first kappa shape index (κ1) is 26.7. The van der Waals surface area contributed by atoms with E-state index in [1.165, 1.54) is 6.42 Å². The van der Waals surface area contributed by atoms with Gasteiger partial charge in [-0.1, -0.05) is 26.2 Å². The third kappa shape index (κ3) is 19.6. The van der Waals surface area contributed by atoms with Crippen molar-refractivity contribution >= 4 is 35.9 Å². The van der Waals surface area contributed by atoms with E-state index in [4.69, 9.17) is 9.47 Å². The maximum atomic E-state index is 11.2. The minimum atomic E-state index is -0.0844. The Morgan fingerprint density at radius 1 is 0.920 bits per heavy atom. The van der Waals surface area contributed by atoms with Gasteiger partial charge in [-0.3, -0.25) is 9.79 Å². The Hall–Kier alpha value is -0.570. The Morgan fingerprint density at radius 2 is 1.56 bits per heavy atom. The van der Waals surface area contributed by atoms with Crippen LogP contribution in [0.3, 0.4) is 0 Å². The van der Waals surface area contributed by atoms with Crippen LogP contribution in [0.25, 0.3) is 0 Å². The summed E-state index contributed by atoms with van der Waals surface area (Å²) in [6, 6.07) is 0. The molecule has 6 nitrogen and oxygen atoms in total. The maximum Gasteiger partial charge on any atom is 0.305 e. The summed E-state index contributed by atoms with van der Waals surface area (Å²) in [5.41, 5.74) is 0. The van der Waals surface area contributed by atoms with Gasteiger partial charge < -0.3 is 20.1 Å². The molecule has 0 aromatic heterocycles. The first-order chi connectivity index (χ1) is 11.7. The van der Waals surface area contributed by atoms with Crippen LogP contribution in [0.5, 0.6) is 0 Å². The molecular formula is C18H38IN3O3. The van der Waals surface area contributed by atoms with E-state index in [1.807, 2.05) is 6.92 Å². The minimum absolute atomic E-state index is 0. The summed E-state index contributed by atoms with van der Waals surface area (Å²) in [4.78, 5) is 15.4. The van der Waals surface area contributed by atoms with E-state index in [9.17, 15) is 4.79 Å². The predicted octanol–water partition coefficient (Wildman–Crippen LogP) is 3.49. The summed E-state index contributed by atoms with van der Waals surface area (Å²) < 4.78 is 10.4. The zero-order valence-electron chi connectivity index (χ0n) is 16.3. The normalized spacial score (nSPS) is 10.9. The highest BCUT2D eigenvalue weighted by molar-refractivity contribution is 14.0. The lowest BCUT2D eigenvalue weighted by Crippen LogP contribution is -2.38. The number of hydrogen-bond donors (Lipinski definition) is 2. The van der Waals surface area contributed by atoms with Crippen molar-refractivity contribution in [2.45, 2.75) is 65.2 Å². The van der Waals surface area contributed by atoms with Crippen molar-refractivity contribution in [3.8, 4) is 0 Å². The monoisotopic (exact) mass is 471 g/mol. The Kier molecular flexibility index (Phi) is 22.9. The van der Waals surface area contributed by atoms with Gasteiger partial charge in [0.15, 0.2) is 5.96 Å². The molecule has 25 heavy (non-hydrogen) atoms. The van der Waals surface area contributed by atoms with Crippen molar-refractivity contribution in [1.29, 1.82) is 0 Å². The van der Waals surface area contributed by atoms with E-state index in [2.05, 4.69) is 22.5 Å². The molecule has 0 atom stereocenters. The molecule has 0 aromatic rings. The zero-order valence-corrected chi connectivity index (χ0v) is 18.6. The van der Waals surface area contributed by atoms with Gasteiger partial charge in [0.25, 0.3) is 0 Å². The molecule has 0 saturated heterocycles. The highest BCUT2D eigenvalue weighted by Gasteiger charge is 2.01. The lowest BCUT2D eigenvalue weighted by molar-refractivity contribution is -0.143. The topological polar surface area (TPSA) is 72.0 Å². The van der Waals surface area contributed by atoms with Crippen LogP contribution in [0.15, 0.2) is 4.99 Å². The first-order valence-corrected chi connectivity index (χ1v) is 9.42. The first-order valence-electron chi connectivity index (χ1n) is 9.42. The SMILES string of the molecule is CCCCOCCCNC(=NC)NCCCCCCC(=O)OCC.I. The third-order valence-corrected chi connectivity index (χ3v) is 3.53. The molecule has 0 radical (unpaired) electrons. The summed E-state index contributed by atoms with van der Waals surface area (Å²) in [5, 5.41) is 6.60. The summed E-state index contributed by atoms with van der Waals surface area (Å²) in [6.45, 7) is 7.90. The van der Waals surface area contributed by atoms with Gasteiger partial charge in [0.05, 0.1) is 6.61 Å². The zero-order chi connectivity index (χ0) is 17.9. The Bertz CT molecular complexity index is 329. The van der Waals surface area contributed by atoms with E-state index in [0.29, 0.717) is 13.0 Å². The number of nitrogens with one attached hydrogen (secondary N) is 2. The molecule has 0 rings (SSSR count). The average molecular weight is 471 g/mol. The number of carbonyl (C=O) groups is 1. The largest absolute Gasteiger partial charge is 0.466 e. The molecule has 0 amide bonds. The standard InChI is InChI=1S/C18H37N3O3.HI/c1-4-6-15-23-16-11-14-21-18(19-3)20-13-10-8-7-9-12-17(22)24-5-2;/h4-16H2,1-3H3,(H2,19,20,21);1H. The quantitative estimate of drug-likeness (QED) is 0.126. The molecule has 0 aliphatic carbocycles. The van der Waals surface area contributed by atoms with Gasteiger partial charge in [-0.25, -0.2) is 0 Å². The Balaban J connectivity index is 0.